The Balaban J connectivity index is 2.51. The first kappa shape index (κ1) is 29.2. The van der Waals surface area contributed by atoms with Crippen molar-refractivity contribution in [2.75, 3.05) is 24.2 Å². The van der Waals surface area contributed by atoms with Crippen LogP contribution in [0.2, 0.25) is 0 Å². The number of hydrogen-bond acceptors (Lipinski definition) is 5. The molecule has 0 radical (unpaired) electrons. The van der Waals surface area contributed by atoms with Gasteiger partial charge in [-0.3, -0.25) is 13.9 Å². The Bertz CT molecular complexity index is 1170. The number of benzene rings is 2. The van der Waals surface area contributed by atoms with Gasteiger partial charge in [0.1, 0.15) is 18.3 Å². The predicted molar refractivity (Wildman–Crippen MR) is 144 cm³/mol. The largest absolute Gasteiger partial charge is 0.495 e. The van der Waals surface area contributed by atoms with Crippen molar-refractivity contribution in [3.8, 4) is 5.75 Å². The molecule has 36 heavy (non-hydrogen) atoms. The third-order valence-electron chi connectivity index (χ3n) is 6.10. The topological polar surface area (TPSA) is 96.0 Å². The number of anilines is 1. The molecule has 2 amide bonds. The van der Waals surface area contributed by atoms with E-state index in [1.165, 1.54) is 12.0 Å². The van der Waals surface area contributed by atoms with Gasteiger partial charge in [0.2, 0.25) is 21.8 Å². The average Bonchev–Trinajstić information content (AvgIpc) is 2.81. The van der Waals surface area contributed by atoms with Crippen LogP contribution in [0.1, 0.15) is 50.3 Å². The zero-order valence-electron chi connectivity index (χ0n) is 22.4. The molecule has 0 saturated carbocycles. The van der Waals surface area contributed by atoms with Gasteiger partial charge in [-0.05, 0) is 56.9 Å². The Kier molecular flexibility index (Phi) is 10.3. The highest BCUT2D eigenvalue weighted by atomic mass is 32.2. The second-order valence-electron chi connectivity index (χ2n) is 9.20. The Morgan fingerprint density at radius 3 is 2.25 bits per heavy atom. The number of nitrogens with one attached hydrogen (secondary N) is 1. The van der Waals surface area contributed by atoms with Crippen LogP contribution in [-0.4, -0.2) is 57.1 Å². The number of carbonyl (C=O) groups excluding carboxylic acids is 2. The van der Waals surface area contributed by atoms with Crippen LogP contribution in [-0.2, 0) is 26.2 Å². The highest BCUT2D eigenvalue weighted by Gasteiger charge is 2.33. The fourth-order valence-corrected chi connectivity index (χ4v) is 4.80. The molecule has 198 valence electrons. The van der Waals surface area contributed by atoms with Crippen LogP contribution in [0.4, 0.5) is 5.69 Å². The standard InChI is InChI=1S/C27H39N3O5S/c1-8-21(5)28-27(32)23(9-2)29(17-22-12-10-11-19(3)15-22)26(31)18-30(36(7,33)34)24-16-20(4)13-14-25(24)35-6/h10-16,21,23H,8-9,17-18H2,1-7H3,(H,28,32)/t21-,23+/m1/s1. The summed E-state index contributed by atoms with van der Waals surface area (Å²) < 4.78 is 32.1. The maximum atomic E-state index is 13.8. The van der Waals surface area contributed by atoms with Gasteiger partial charge in [0.05, 0.1) is 19.1 Å². The van der Waals surface area contributed by atoms with Crippen LogP contribution >= 0.6 is 0 Å². The summed E-state index contributed by atoms with van der Waals surface area (Å²) >= 11 is 0. The first-order valence-corrected chi connectivity index (χ1v) is 14.0. The van der Waals surface area contributed by atoms with Gasteiger partial charge in [0.15, 0.2) is 0 Å². The minimum atomic E-state index is -3.85. The maximum Gasteiger partial charge on any atom is 0.244 e. The number of rotatable bonds is 12. The molecule has 0 bridgehead atoms. The van der Waals surface area contributed by atoms with Crippen LogP contribution in [0.25, 0.3) is 0 Å². The number of hydrogen-bond donors (Lipinski definition) is 1. The van der Waals surface area contributed by atoms with Crippen LogP contribution in [0.3, 0.4) is 0 Å². The molecule has 0 spiro atoms. The lowest BCUT2D eigenvalue weighted by Gasteiger charge is -2.33. The van der Waals surface area contributed by atoms with Crippen LogP contribution in [0.15, 0.2) is 42.5 Å². The van der Waals surface area contributed by atoms with Gasteiger partial charge in [-0.1, -0.05) is 49.7 Å². The van der Waals surface area contributed by atoms with E-state index in [0.29, 0.717) is 12.2 Å². The Hall–Kier alpha value is -3.07. The van der Waals surface area contributed by atoms with Gasteiger partial charge >= 0.3 is 0 Å². The van der Waals surface area contributed by atoms with Gasteiger partial charge in [0.25, 0.3) is 0 Å². The zero-order valence-corrected chi connectivity index (χ0v) is 23.2. The Labute approximate surface area is 215 Å². The van der Waals surface area contributed by atoms with E-state index in [0.717, 1.165) is 33.7 Å². The lowest BCUT2D eigenvalue weighted by Crippen LogP contribution is -2.53. The average molecular weight is 518 g/mol. The van der Waals surface area contributed by atoms with Gasteiger partial charge in [-0.15, -0.1) is 0 Å². The van der Waals surface area contributed by atoms with E-state index in [-0.39, 0.29) is 24.2 Å². The van der Waals surface area contributed by atoms with E-state index in [1.807, 2.05) is 58.9 Å². The molecule has 0 aliphatic rings. The van der Waals surface area contributed by atoms with E-state index in [2.05, 4.69) is 5.32 Å². The lowest BCUT2D eigenvalue weighted by atomic mass is 10.1. The summed E-state index contributed by atoms with van der Waals surface area (Å²) in [6.07, 6.45) is 2.19. The second kappa shape index (κ2) is 12.8. The molecule has 0 aliphatic heterocycles. The molecule has 0 fully saturated rings. The summed E-state index contributed by atoms with van der Waals surface area (Å²) in [6.45, 7) is 9.23. The Morgan fingerprint density at radius 2 is 1.69 bits per heavy atom. The van der Waals surface area contributed by atoms with E-state index >= 15 is 0 Å². The molecule has 2 aromatic rings. The van der Waals surface area contributed by atoms with E-state index in [9.17, 15) is 18.0 Å². The number of nitrogens with zero attached hydrogens (tertiary/aromatic N) is 2. The van der Waals surface area contributed by atoms with E-state index in [1.54, 1.807) is 18.2 Å². The summed E-state index contributed by atoms with van der Waals surface area (Å²) in [7, 11) is -2.39. The lowest BCUT2D eigenvalue weighted by molar-refractivity contribution is -0.140. The van der Waals surface area contributed by atoms with Crippen molar-refractivity contribution in [1.82, 2.24) is 10.2 Å². The Morgan fingerprint density at radius 1 is 1.03 bits per heavy atom. The number of ether oxygens (including phenoxy) is 1. The number of aryl methyl sites for hydroxylation is 2. The number of methoxy groups -OCH3 is 1. The third kappa shape index (κ3) is 7.71. The molecule has 8 nitrogen and oxygen atoms in total. The zero-order chi connectivity index (χ0) is 27.0. The first-order valence-electron chi connectivity index (χ1n) is 12.2. The highest BCUT2D eigenvalue weighted by Crippen LogP contribution is 2.31. The molecule has 1 N–H and O–H groups in total. The van der Waals surface area contributed by atoms with Crippen molar-refractivity contribution >= 4 is 27.5 Å². The molecule has 0 heterocycles. The third-order valence-corrected chi connectivity index (χ3v) is 7.23. The van der Waals surface area contributed by atoms with E-state index in [4.69, 9.17) is 4.74 Å². The summed E-state index contributed by atoms with van der Waals surface area (Å²) in [6, 6.07) is 12.0. The van der Waals surface area contributed by atoms with Crippen molar-refractivity contribution in [1.29, 1.82) is 0 Å². The highest BCUT2D eigenvalue weighted by molar-refractivity contribution is 7.92. The molecular weight excluding hydrogens is 478 g/mol. The molecule has 2 atom stereocenters. The fraction of sp³-hybridized carbons (Fsp3) is 0.481. The normalized spacial score (nSPS) is 13.0. The first-order chi connectivity index (χ1) is 16.9. The molecule has 9 heteroatoms. The van der Waals surface area contributed by atoms with Gasteiger partial charge in [-0.25, -0.2) is 8.42 Å². The van der Waals surface area contributed by atoms with Gasteiger partial charge in [0, 0.05) is 12.6 Å². The smallest absolute Gasteiger partial charge is 0.244 e. The van der Waals surface area contributed by atoms with Crippen molar-refractivity contribution in [2.24, 2.45) is 0 Å². The monoisotopic (exact) mass is 517 g/mol. The molecule has 2 rings (SSSR count). The molecular formula is C27H39N3O5S. The number of amides is 2. The van der Waals surface area contributed by atoms with Gasteiger partial charge in [-0.2, -0.15) is 0 Å². The fourth-order valence-electron chi connectivity index (χ4n) is 3.96. The van der Waals surface area contributed by atoms with Crippen LogP contribution in [0.5, 0.6) is 5.75 Å². The quantitative estimate of drug-likeness (QED) is 0.462. The summed E-state index contributed by atoms with van der Waals surface area (Å²) in [5, 5.41) is 2.97. The van der Waals surface area contributed by atoms with Crippen molar-refractivity contribution in [2.45, 2.75) is 66.1 Å². The molecule has 2 aromatic carbocycles. The van der Waals surface area contributed by atoms with Crippen LogP contribution in [0, 0.1) is 13.8 Å². The molecule has 0 saturated heterocycles. The van der Waals surface area contributed by atoms with Crippen molar-refractivity contribution in [3.05, 3.63) is 59.2 Å². The summed E-state index contributed by atoms with van der Waals surface area (Å²) in [5.41, 5.74) is 2.99. The molecule has 0 aliphatic carbocycles. The van der Waals surface area contributed by atoms with Crippen LogP contribution < -0.4 is 14.4 Å². The second-order valence-corrected chi connectivity index (χ2v) is 11.1. The SMILES string of the molecule is CC[C@@H](C)NC(=O)[C@H](CC)N(Cc1cccc(C)c1)C(=O)CN(c1cc(C)ccc1OC)S(C)(=O)=O. The number of carbonyl (C=O) groups is 2. The summed E-state index contributed by atoms with van der Waals surface area (Å²) in [5.74, 6) is -0.394. The minimum absolute atomic E-state index is 0.0495. The summed E-state index contributed by atoms with van der Waals surface area (Å²) in [4.78, 5) is 28.5. The molecule has 0 unspecified atom stereocenters. The van der Waals surface area contributed by atoms with Gasteiger partial charge < -0.3 is 15.0 Å². The number of sulfonamides is 1. The minimum Gasteiger partial charge on any atom is -0.495 e. The van der Waals surface area contributed by atoms with Crippen molar-refractivity contribution in [3.63, 3.8) is 0 Å². The van der Waals surface area contributed by atoms with E-state index < -0.39 is 28.5 Å². The molecule has 0 aromatic heterocycles. The predicted octanol–water partition coefficient (Wildman–Crippen LogP) is 3.80. The maximum absolute atomic E-state index is 13.8. The van der Waals surface area contributed by atoms with Crippen molar-refractivity contribution < 1.29 is 22.7 Å².